The third kappa shape index (κ3) is 4.46. The van der Waals surface area contributed by atoms with E-state index in [1.165, 1.54) is 19.1 Å². The molecule has 2 atom stereocenters. The molecular weight excluding hydrogens is 450 g/mol. The van der Waals surface area contributed by atoms with Crippen LogP contribution in [0.3, 0.4) is 0 Å². The van der Waals surface area contributed by atoms with E-state index in [0.29, 0.717) is 23.7 Å². The van der Waals surface area contributed by atoms with Crippen LogP contribution in [-0.2, 0) is 35.9 Å². The molecule has 186 valence electrons. The zero-order valence-electron chi connectivity index (χ0n) is 20.9. The normalized spacial score (nSPS) is 20.3. The molecule has 8 nitrogen and oxygen atoms in total. The molecule has 0 spiro atoms. The van der Waals surface area contributed by atoms with Gasteiger partial charge in [0.1, 0.15) is 35.4 Å². The molecule has 4 rings (SSSR count). The highest BCUT2D eigenvalue weighted by atomic mass is 16.6. The van der Waals surface area contributed by atoms with Crippen molar-refractivity contribution in [3.63, 3.8) is 0 Å². The number of carbonyl (C=O) groups excluding carboxylic acids is 2. The van der Waals surface area contributed by atoms with Gasteiger partial charge in [-0.3, -0.25) is 0 Å². The number of benzene rings is 2. The summed E-state index contributed by atoms with van der Waals surface area (Å²) < 4.78 is 29.0. The van der Waals surface area contributed by atoms with Crippen molar-refractivity contribution in [1.29, 1.82) is 0 Å². The van der Waals surface area contributed by atoms with Crippen molar-refractivity contribution < 1.29 is 33.3 Å². The van der Waals surface area contributed by atoms with Crippen molar-refractivity contribution in [2.24, 2.45) is 0 Å². The van der Waals surface area contributed by atoms with Gasteiger partial charge in [-0.05, 0) is 38.0 Å². The number of rotatable bonds is 7. The molecule has 2 aromatic carbocycles. The van der Waals surface area contributed by atoms with E-state index in [1.54, 1.807) is 27.8 Å². The Labute approximate surface area is 205 Å². The van der Waals surface area contributed by atoms with Crippen molar-refractivity contribution in [3.8, 4) is 5.75 Å². The summed E-state index contributed by atoms with van der Waals surface area (Å²) in [5, 5.41) is 0. The van der Waals surface area contributed by atoms with Crippen LogP contribution in [0.2, 0.25) is 0 Å². The maximum atomic E-state index is 13.0. The van der Waals surface area contributed by atoms with Gasteiger partial charge in [-0.15, -0.1) is 0 Å². The third-order valence-electron chi connectivity index (χ3n) is 5.96. The second-order valence-corrected chi connectivity index (χ2v) is 9.59. The second kappa shape index (κ2) is 9.26. The van der Waals surface area contributed by atoms with Crippen LogP contribution in [0.15, 0.2) is 59.9 Å². The van der Waals surface area contributed by atoms with Crippen LogP contribution in [0.5, 0.6) is 5.75 Å². The Hall–Kier alpha value is -3.52. The first-order valence-electron chi connectivity index (χ1n) is 11.4. The fourth-order valence-corrected chi connectivity index (χ4v) is 4.60. The predicted molar refractivity (Wildman–Crippen MR) is 128 cm³/mol. The number of hydrogen-bond acceptors (Lipinski definition) is 7. The zero-order valence-corrected chi connectivity index (χ0v) is 20.9. The summed E-state index contributed by atoms with van der Waals surface area (Å²) in [5.74, 6) is 0.329. The van der Waals surface area contributed by atoms with Gasteiger partial charge in [-0.1, -0.05) is 42.5 Å². The summed E-state index contributed by atoms with van der Waals surface area (Å²) in [5.41, 5.74) is 0.673. The van der Waals surface area contributed by atoms with Crippen molar-refractivity contribution in [2.45, 2.75) is 44.7 Å². The first kappa shape index (κ1) is 24.6. The van der Waals surface area contributed by atoms with Crippen LogP contribution in [0.4, 0.5) is 4.79 Å². The summed E-state index contributed by atoms with van der Waals surface area (Å²) in [6.07, 6.45) is -1.17. The molecular formula is C27H31NO7. The van der Waals surface area contributed by atoms with E-state index in [-0.39, 0.29) is 12.1 Å². The third-order valence-corrected chi connectivity index (χ3v) is 5.96. The largest absolute Gasteiger partial charge is 0.497 e. The lowest BCUT2D eigenvalue weighted by Gasteiger charge is -2.34. The van der Waals surface area contributed by atoms with Crippen LogP contribution in [0.1, 0.15) is 43.6 Å². The summed E-state index contributed by atoms with van der Waals surface area (Å²) in [6.45, 7) is 5.70. The molecule has 0 saturated heterocycles. The summed E-state index contributed by atoms with van der Waals surface area (Å²) in [6, 6.07) is 15.4. The van der Waals surface area contributed by atoms with Gasteiger partial charge in [-0.25, -0.2) is 9.59 Å². The second-order valence-electron chi connectivity index (χ2n) is 9.59. The van der Waals surface area contributed by atoms with E-state index in [0.717, 1.165) is 11.1 Å². The standard InChI is InChI=1S/C27H31NO7/c1-26(2,3)35-25(30)28(4)16-27-20-18(22(34-27)23(31-5)21(27)24(29)32-6)13-10-14-19(20)33-15-17-11-8-7-9-12-17/h7-14,22H,15-16H2,1-6H3. The number of likely N-dealkylation sites (N-methyl/N-ethyl adjacent to an activating group) is 1. The van der Waals surface area contributed by atoms with Crippen LogP contribution in [0.25, 0.3) is 0 Å². The summed E-state index contributed by atoms with van der Waals surface area (Å²) in [4.78, 5) is 27.3. The number of esters is 1. The quantitative estimate of drug-likeness (QED) is 0.539. The number of methoxy groups -OCH3 is 2. The lowest BCUT2D eigenvalue weighted by Crippen LogP contribution is -2.46. The SMILES string of the molecule is COC(=O)C1=C(OC)C2OC1(CN(C)C(=O)OC(C)(C)C)c1c(OCc3ccccc3)cccc12. The zero-order chi connectivity index (χ0) is 25.4. The van der Waals surface area contributed by atoms with Gasteiger partial charge in [0.2, 0.25) is 0 Å². The number of hydrogen-bond donors (Lipinski definition) is 0. The number of ether oxygens (including phenoxy) is 5. The highest BCUT2D eigenvalue weighted by Gasteiger charge is 2.62. The molecule has 0 aliphatic carbocycles. The van der Waals surface area contributed by atoms with E-state index >= 15 is 0 Å². The molecule has 2 heterocycles. The molecule has 2 aliphatic rings. The highest BCUT2D eigenvalue weighted by Crippen LogP contribution is 2.60. The number of amides is 1. The lowest BCUT2D eigenvalue weighted by molar-refractivity contribution is -0.139. The Morgan fingerprint density at radius 1 is 1.06 bits per heavy atom. The van der Waals surface area contributed by atoms with Gasteiger partial charge in [0.15, 0.2) is 5.60 Å². The van der Waals surface area contributed by atoms with Crippen molar-refractivity contribution in [1.82, 2.24) is 4.90 Å². The van der Waals surface area contributed by atoms with E-state index in [4.69, 9.17) is 23.7 Å². The Kier molecular flexibility index (Phi) is 6.51. The smallest absolute Gasteiger partial charge is 0.410 e. The first-order chi connectivity index (χ1) is 16.6. The van der Waals surface area contributed by atoms with Crippen LogP contribution in [-0.4, -0.2) is 50.4 Å². The molecule has 0 aromatic heterocycles. The molecule has 8 heteroatoms. The topological polar surface area (TPSA) is 83.5 Å². The van der Waals surface area contributed by atoms with Gasteiger partial charge < -0.3 is 28.6 Å². The monoisotopic (exact) mass is 481 g/mol. The predicted octanol–water partition coefficient (Wildman–Crippen LogP) is 4.49. The fourth-order valence-electron chi connectivity index (χ4n) is 4.60. The molecule has 2 aromatic rings. The van der Waals surface area contributed by atoms with Crippen LogP contribution >= 0.6 is 0 Å². The van der Waals surface area contributed by atoms with Crippen molar-refractivity contribution in [3.05, 3.63) is 76.6 Å². The van der Waals surface area contributed by atoms with Crippen molar-refractivity contribution >= 4 is 12.1 Å². The maximum Gasteiger partial charge on any atom is 0.410 e. The van der Waals surface area contributed by atoms with Crippen LogP contribution in [0, 0.1) is 0 Å². The Balaban J connectivity index is 1.78. The Morgan fingerprint density at radius 3 is 2.40 bits per heavy atom. The van der Waals surface area contributed by atoms with Gasteiger partial charge in [0.25, 0.3) is 0 Å². The minimum atomic E-state index is -1.35. The van der Waals surface area contributed by atoms with Gasteiger partial charge in [0, 0.05) is 12.6 Å². The van der Waals surface area contributed by atoms with E-state index in [9.17, 15) is 9.59 Å². The number of nitrogens with zero attached hydrogens (tertiary/aromatic N) is 1. The average molecular weight is 482 g/mol. The molecule has 1 amide bonds. The van der Waals surface area contributed by atoms with E-state index in [1.807, 2.05) is 48.5 Å². The van der Waals surface area contributed by atoms with Crippen LogP contribution < -0.4 is 4.74 Å². The fraction of sp³-hybridized carbons (Fsp3) is 0.407. The molecule has 35 heavy (non-hydrogen) atoms. The van der Waals surface area contributed by atoms with Crippen molar-refractivity contribution in [2.75, 3.05) is 27.8 Å². The summed E-state index contributed by atoms with van der Waals surface area (Å²) >= 11 is 0. The average Bonchev–Trinajstić information content (AvgIpc) is 3.32. The van der Waals surface area contributed by atoms with E-state index in [2.05, 4.69) is 0 Å². The molecule has 0 N–H and O–H groups in total. The minimum absolute atomic E-state index is 0.00554. The Bertz CT molecular complexity index is 1150. The number of carbonyl (C=O) groups is 2. The molecule has 0 radical (unpaired) electrons. The molecule has 2 aliphatic heterocycles. The molecule has 2 unspecified atom stereocenters. The number of fused-ring (bicyclic) bond motifs is 5. The van der Waals surface area contributed by atoms with E-state index < -0.39 is 29.4 Å². The summed E-state index contributed by atoms with van der Waals surface area (Å²) in [7, 11) is 4.40. The Morgan fingerprint density at radius 2 is 1.77 bits per heavy atom. The minimum Gasteiger partial charge on any atom is -0.497 e. The van der Waals surface area contributed by atoms with Gasteiger partial charge in [-0.2, -0.15) is 0 Å². The van der Waals surface area contributed by atoms with Gasteiger partial charge >= 0.3 is 12.1 Å². The molecule has 0 saturated carbocycles. The lowest BCUT2D eigenvalue weighted by atomic mass is 9.79. The first-order valence-corrected chi connectivity index (χ1v) is 11.4. The highest BCUT2D eigenvalue weighted by molar-refractivity contribution is 5.94. The molecule has 2 bridgehead atoms. The van der Waals surface area contributed by atoms with Gasteiger partial charge in [0.05, 0.1) is 20.8 Å². The molecule has 0 fully saturated rings. The maximum absolute atomic E-state index is 13.0.